The summed E-state index contributed by atoms with van der Waals surface area (Å²) < 4.78 is 8.35. The van der Waals surface area contributed by atoms with Crippen molar-refractivity contribution in [2.75, 3.05) is 24.6 Å². The predicted octanol–water partition coefficient (Wildman–Crippen LogP) is 2.91. The van der Waals surface area contributed by atoms with Crippen molar-refractivity contribution >= 4 is 28.0 Å². The van der Waals surface area contributed by atoms with Gasteiger partial charge in [-0.15, -0.1) is 0 Å². The van der Waals surface area contributed by atoms with Crippen LogP contribution in [0.5, 0.6) is 0 Å². The number of nitrogens with one attached hydrogen (secondary N) is 1. The largest absolute Gasteiger partial charge is 0.368 e. The number of fused-ring (bicyclic) bond motifs is 5. The lowest BCUT2D eigenvalue weighted by molar-refractivity contribution is -0.0791. The summed E-state index contributed by atoms with van der Waals surface area (Å²) in [5.41, 5.74) is 5.41. The quantitative estimate of drug-likeness (QED) is 0.555. The third kappa shape index (κ3) is 2.22. The van der Waals surface area contributed by atoms with Gasteiger partial charge in [-0.3, -0.25) is 0 Å². The summed E-state index contributed by atoms with van der Waals surface area (Å²) in [6.07, 6.45) is 6.43. The second kappa shape index (κ2) is 5.78. The number of aromatic nitrogens is 5. The van der Waals surface area contributed by atoms with Gasteiger partial charge in [0.25, 0.3) is 0 Å². The molecular formula is C21H22N6O. The van der Waals surface area contributed by atoms with Crippen molar-refractivity contribution in [3.8, 4) is 0 Å². The Morgan fingerprint density at radius 1 is 1.14 bits per heavy atom. The predicted molar refractivity (Wildman–Crippen MR) is 107 cm³/mol. The molecule has 1 N–H and O–H groups in total. The van der Waals surface area contributed by atoms with Gasteiger partial charge in [0.1, 0.15) is 11.1 Å². The topological polar surface area (TPSA) is 71.9 Å². The molecule has 7 heteroatoms. The van der Waals surface area contributed by atoms with Crippen molar-refractivity contribution < 1.29 is 4.74 Å². The maximum atomic E-state index is 6.41. The van der Waals surface area contributed by atoms with E-state index in [0.717, 1.165) is 56.1 Å². The van der Waals surface area contributed by atoms with Crippen LogP contribution in [-0.2, 0) is 23.8 Å². The average molecular weight is 374 g/mol. The Balaban J connectivity index is 1.32. The molecule has 0 aliphatic carbocycles. The van der Waals surface area contributed by atoms with Crippen LogP contribution in [0.25, 0.3) is 22.1 Å². The summed E-state index contributed by atoms with van der Waals surface area (Å²) in [6.45, 7) is 2.53. The molecule has 0 bridgehead atoms. The third-order valence-electron chi connectivity index (χ3n) is 6.30. The monoisotopic (exact) mass is 374 g/mol. The highest BCUT2D eigenvalue weighted by Gasteiger charge is 2.43. The standard InChI is InChI=1S/C21H22N6O/c1-26-13-23-17-12-22-20(25-19(17)26)27-9-7-21(8-10-27)18-15(6-11-28-21)14-4-2-3-5-16(14)24-18/h2-5,12-13,24H,6-11H2,1H3. The molecule has 0 amide bonds. The molecule has 7 nitrogen and oxygen atoms in total. The Kier molecular flexibility index (Phi) is 3.32. The normalized spacial score (nSPS) is 18.8. The highest BCUT2D eigenvalue weighted by atomic mass is 16.5. The highest BCUT2D eigenvalue weighted by molar-refractivity contribution is 5.85. The first-order chi connectivity index (χ1) is 13.7. The van der Waals surface area contributed by atoms with Crippen LogP contribution in [0.15, 0.2) is 36.8 Å². The number of hydrogen-bond donors (Lipinski definition) is 1. The second-order valence-electron chi connectivity index (χ2n) is 7.84. The molecule has 28 heavy (non-hydrogen) atoms. The fourth-order valence-corrected chi connectivity index (χ4v) is 4.80. The molecular weight excluding hydrogens is 352 g/mol. The molecule has 0 atom stereocenters. The van der Waals surface area contributed by atoms with Crippen LogP contribution in [0, 0.1) is 0 Å². The molecule has 1 aromatic carbocycles. The fraction of sp³-hybridized carbons (Fsp3) is 0.381. The second-order valence-corrected chi connectivity index (χ2v) is 7.84. The number of hydrogen-bond acceptors (Lipinski definition) is 5. The number of para-hydroxylation sites is 1. The average Bonchev–Trinajstić information content (AvgIpc) is 3.30. The van der Waals surface area contributed by atoms with Gasteiger partial charge in [-0.1, -0.05) is 18.2 Å². The molecule has 3 aromatic heterocycles. The van der Waals surface area contributed by atoms with Crippen LogP contribution in [-0.4, -0.2) is 44.2 Å². The van der Waals surface area contributed by atoms with E-state index in [2.05, 4.69) is 44.1 Å². The Labute approximate surface area is 162 Å². The Bertz CT molecular complexity index is 1180. The number of rotatable bonds is 1. The fourth-order valence-electron chi connectivity index (χ4n) is 4.80. The van der Waals surface area contributed by atoms with E-state index in [0.29, 0.717) is 0 Å². The lowest BCUT2D eigenvalue weighted by atomic mass is 9.83. The number of imidazole rings is 1. The minimum atomic E-state index is -0.222. The maximum absolute atomic E-state index is 6.41. The number of H-pyrrole nitrogens is 1. The first kappa shape index (κ1) is 16.1. The molecule has 0 unspecified atom stereocenters. The van der Waals surface area contributed by atoms with E-state index in [9.17, 15) is 0 Å². The Morgan fingerprint density at radius 3 is 2.89 bits per heavy atom. The van der Waals surface area contributed by atoms with Gasteiger partial charge >= 0.3 is 0 Å². The third-order valence-corrected chi connectivity index (χ3v) is 6.30. The van der Waals surface area contributed by atoms with Crippen molar-refractivity contribution in [1.29, 1.82) is 0 Å². The van der Waals surface area contributed by atoms with E-state index in [1.54, 1.807) is 6.33 Å². The zero-order valence-electron chi connectivity index (χ0n) is 15.9. The number of ether oxygens (including phenoxy) is 1. The molecule has 5 heterocycles. The summed E-state index contributed by atoms with van der Waals surface area (Å²) >= 11 is 0. The molecule has 2 aliphatic rings. The van der Waals surface area contributed by atoms with Gasteiger partial charge in [0.15, 0.2) is 5.65 Å². The van der Waals surface area contributed by atoms with Crippen LogP contribution in [0.4, 0.5) is 5.95 Å². The van der Waals surface area contributed by atoms with E-state index in [1.807, 2.05) is 17.8 Å². The van der Waals surface area contributed by atoms with Crippen molar-refractivity contribution in [3.63, 3.8) is 0 Å². The van der Waals surface area contributed by atoms with E-state index in [-0.39, 0.29) is 5.60 Å². The molecule has 4 aromatic rings. The van der Waals surface area contributed by atoms with Crippen molar-refractivity contribution in [2.24, 2.45) is 7.05 Å². The lowest BCUT2D eigenvalue weighted by Gasteiger charge is -2.43. The molecule has 2 aliphatic heterocycles. The van der Waals surface area contributed by atoms with E-state index in [4.69, 9.17) is 9.72 Å². The van der Waals surface area contributed by atoms with E-state index in [1.165, 1.54) is 22.2 Å². The number of aromatic amines is 1. The summed E-state index contributed by atoms with van der Waals surface area (Å²) in [6, 6.07) is 8.59. The van der Waals surface area contributed by atoms with E-state index < -0.39 is 0 Å². The van der Waals surface area contributed by atoms with Crippen molar-refractivity contribution in [3.05, 3.63) is 48.0 Å². The number of benzene rings is 1. The molecule has 0 saturated carbocycles. The number of anilines is 1. The molecule has 1 saturated heterocycles. The van der Waals surface area contributed by atoms with Crippen LogP contribution < -0.4 is 4.90 Å². The van der Waals surface area contributed by atoms with Crippen LogP contribution >= 0.6 is 0 Å². The zero-order valence-corrected chi connectivity index (χ0v) is 15.9. The number of aryl methyl sites for hydroxylation is 1. The zero-order chi connectivity index (χ0) is 18.7. The molecule has 6 rings (SSSR count). The first-order valence-corrected chi connectivity index (χ1v) is 9.87. The van der Waals surface area contributed by atoms with Gasteiger partial charge < -0.3 is 19.2 Å². The number of nitrogens with zero attached hydrogens (tertiary/aromatic N) is 5. The Morgan fingerprint density at radius 2 is 2.00 bits per heavy atom. The van der Waals surface area contributed by atoms with Gasteiger partial charge in [-0.2, -0.15) is 4.98 Å². The SMILES string of the molecule is Cn1cnc2cnc(N3CCC4(CC3)OCCc3c4[nH]c4ccccc34)nc21. The summed E-state index contributed by atoms with van der Waals surface area (Å²) in [5.74, 6) is 0.777. The number of piperidine rings is 1. The summed E-state index contributed by atoms with van der Waals surface area (Å²) in [5, 5.41) is 1.34. The Hall–Kier alpha value is -2.93. The van der Waals surface area contributed by atoms with Gasteiger partial charge in [0.2, 0.25) is 5.95 Å². The van der Waals surface area contributed by atoms with Gasteiger partial charge in [-0.25, -0.2) is 9.97 Å². The van der Waals surface area contributed by atoms with Gasteiger partial charge in [0.05, 0.1) is 24.8 Å². The summed E-state index contributed by atoms with van der Waals surface area (Å²) in [7, 11) is 1.96. The minimum absolute atomic E-state index is 0.222. The summed E-state index contributed by atoms with van der Waals surface area (Å²) in [4.78, 5) is 19.5. The highest BCUT2D eigenvalue weighted by Crippen LogP contribution is 2.43. The first-order valence-electron chi connectivity index (χ1n) is 9.87. The van der Waals surface area contributed by atoms with E-state index >= 15 is 0 Å². The minimum Gasteiger partial charge on any atom is -0.368 e. The molecule has 1 spiro atoms. The van der Waals surface area contributed by atoms with Crippen molar-refractivity contribution in [2.45, 2.75) is 24.9 Å². The maximum Gasteiger partial charge on any atom is 0.227 e. The lowest BCUT2D eigenvalue weighted by Crippen LogP contribution is -2.47. The molecule has 0 radical (unpaired) electrons. The smallest absolute Gasteiger partial charge is 0.227 e. The molecule has 1 fully saturated rings. The van der Waals surface area contributed by atoms with Crippen LogP contribution in [0.2, 0.25) is 0 Å². The van der Waals surface area contributed by atoms with Crippen LogP contribution in [0.1, 0.15) is 24.1 Å². The van der Waals surface area contributed by atoms with Gasteiger partial charge in [-0.05, 0) is 30.9 Å². The van der Waals surface area contributed by atoms with Gasteiger partial charge in [0, 0.05) is 31.0 Å². The van der Waals surface area contributed by atoms with Crippen LogP contribution in [0.3, 0.4) is 0 Å². The van der Waals surface area contributed by atoms with Crippen molar-refractivity contribution in [1.82, 2.24) is 24.5 Å². The molecule has 142 valence electrons.